The third-order valence-corrected chi connectivity index (χ3v) is 2.89. The van der Waals surface area contributed by atoms with Crippen molar-refractivity contribution in [2.24, 2.45) is 0 Å². The number of methoxy groups -OCH3 is 1. The quantitative estimate of drug-likeness (QED) is 0.647. The highest BCUT2D eigenvalue weighted by Crippen LogP contribution is 2.04. The number of rotatable bonds is 3. The zero-order valence-corrected chi connectivity index (χ0v) is 10.8. The van der Waals surface area contributed by atoms with Crippen molar-refractivity contribution in [1.29, 1.82) is 0 Å². The third-order valence-electron chi connectivity index (χ3n) is 2.89. The van der Waals surface area contributed by atoms with Gasteiger partial charge in [-0.2, -0.15) is 0 Å². The Morgan fingerprint density at radius 1 is 1.18 bits per heavy atom. The molecular weight excluding hydrogens is 222 g/mol. The van der Waals surface area contributed by atoms with Gasteiger partial charge in [0.2, 0.25) is 0 Å². The Balaban J connectivity index is 2.26. The minimum Gasteiger partial charge on any atom is -0.469 e. The van der Waals surface area contributed by atoms with Gasteiger partial charge < -0.3 is 14.5 Å². The molecule has 0 aromatic rings. The zero-order chi connectivity index (χ0) is 12.8. The minimum absolute atomic E-state index is 0.0533. The number of nitrogens with zero attached hydrogens (tertiary/aromatic N) is 3. The second-order valence-electron chi connectivity index (χ2n) is 4.33. The molecule has 0 aromatic heterocycles. The van der Waals surface area contributed by atoms with E-state index in [1.807, 2.05) is 4.90 Å². The van der Waals surface area contributed by atoms with E-state index in [0.717, 1.165) is 26.2 Å². The molecule has 0 aliphatic carbocycles. The number of carbonyl (C=O) groups is 2. The number of carbonyl (C=O) groups excluding carboxylic acids is 2. The first kappa shape index (κ1) is 13.8. The van der Waals surface area contributed by atoms with Gasteiger partial charge in [-0.05, 0) is 0 Å². The molecule has 0 N–H and O–H groups in total. The lowest BCUT2D eigenvalue weighted by atomic mass is 10.3. The van der Waals surface area contributed by atoms with E-state index in [1.54, 1.807) is 19.0 Å². The van der Waals surface area contributed by atoms with Crippen molar-refractivity contribution in [3.63, 3.8) is 0 Å². The minimum atomic E-state index is -0.184. The van der Waals surface area contributed by atoms with Crippen molar-refractivity contribution in [1.82, 2.24) is 14.7 Å². The van der Waals surface area contributed by atoms with Crippen LogP contribution in [-0.4, -0.2) is 80.6 Å². The Hall–Kier alpha value is -1.30. The van der Waals surface area contributed by atoms with Gasteiger partial charge in [-0.1, -0.05) is 0 Å². The van der Waals surface area contributed by atoms with Crippen LogP contribution in [0, 0.1) is 0 Å². The highest BCUT2D eigenvalue weighted by atomic mass is 16.5. The van der Waals surface area contributed by atoms with Gasteiger partial charge in [0.25, 0.3) is 0 Å². The average molecular weight is 243 g/mol. The molecular formula is C11H21N3O3. The Morgan fingerprint density at radius 3 is 2.24 bits per heavy atom. The molecule has 1 aliphatic rings. The maximum absolute atomic E-state index is 11.7. The van der Waals surface area contributed by atoms with Crippen molar-refractivity contribution in [3.05, 3.63) is 0 Å². The maximum Gasteiger partial charge on any atom is 0.319 e. The van der Waals surface area contributed by atoms with Gasteiger partial charge in [0.15, 0.2) is 0 Å². The summed E-state index contributed by atoms with van der Waals surface area (Å²) < 4.78 is 4.60. The monoisotopic (exact) mass is 243 g/mol. The Labute approximate surface area is 102 Å². The van der Waals surface area contributed by atoms with Crippen LogP contribution in [0.3, 0.4) is 0 Å². The first-order valence-electron chi connectivity index (χ1n) is 5.80. The van der Waals surface area contributed by atoms with Crippen molar-refractivity contribution in [2.75, 3.05) is 53.9 Å². The number of esters is 1. The number of hydrogen-bond acceptors (Lipinski definition) is 4. The fraction of sp³-hybridized carbons (Fsp3) is 0.818. The molecule has 1 fully saturated rings. The zero-order valence-electron chi connectivity index (χ0n) is 10.8. The molecule has 98 valence electrons. The molecule has 0 spiro atoms. The molecule has 0 atom stereocenters. The fourth-order valence-corrected chi connectivity index (χ4v) is 1.80. The summed E-state index contributed by atoms with van der Waals surface area (Å²) in [6.07, 6.45) is 0.415. The molecule has 1 saturated heterocycles. The molecule has 2 amide bonds. The summed E-state index contributed by atoms with van der Waals surface area (Å²) in [5.41, 5.74) is 0. The van der Waals surface area contributed by atoms with Crippen molar-refractivity contribution < 1.29 is 14.3 Å². The Kier molecular flexibility index (Phi) is 5.21. The van der Waals surface area contributed by atoms with Crippen LogP contribution in [0.2, 0.25) is 0 Å². The Morgan fingerprint density at radius 2 is 1.76 bits per heavy atom. The van der Waals surface area contributed by atoms with E-state index in [1.165, 1.54) is 7.11 Å². The number of amides is 2. The van der Waals surface area contributed by atoms with E-state index in [9.17, 15) is 9.59 Å². The number of piperazine rings is 1. The number of ether oxygens (including phenoxy) is 1. The molecule has 0 saturated carbocycles. The van der Waals surface area contributed by atoms with Crippen LogP contribution in [0.15, 0.2) is 0 Å². The maximum atomic E-state index is 11.7. The molecule has 1 rings (SSSR count). The summed E-state index contributed by atoms with van der Waals surface area (Å²) in [5, 5.41) is 0. The van der Waals surface area contributed by atoms with Crippen molar-refractivity contribution in [3.8, 4) is 0 Å². The van der Waals surface area contributed by atoms with Crippen LogP contribution in [0.25, 0.3) is 0 Å². The third kappa shape index (κ3) is 4.22. The molecule has 0 radical (unpaired) electrons. The molecule has 0 unspecified atom stereocenters. The van der Waals surface area contributed by atoms with Crippen molar-refractivity contribution in [2.45, 2.75) is 6.42 Å². The van der Waals surface area contributed by atoms with Gasteiger partial charge in [0, 0.05) is 46.8 Å². The van der Waals surface area contributed by atoms with Gasteiger partial charge in [-0.15, -0.1) is 0 Å². The lowest BCUT2D eigenvalue weighted by molar-refractivity contribution is -0.141. The lowest BCUT2D eigenvalue weighted by Gasteiger charge is -2.35. The van der Waals surface area contributed by atoms with Crippen LogP contribution in [0.4, 0.5) is 4.79 Å². The van der Waals surface area contributed by atoms with E-state index in [4.69, 9.17) is 0 Å². The van der Waals surface area contributed by atoms with Crippen molar-refractivity contribution >= 4 is 12.0 Å². The van der Waals surface area contributed by atoms with Gasteiger partial charge in [-0.25, -0.2) is 4.79 Å². The molecule has 0 bridgehead atoms. The molecule has 1 aliphatic heterocycles. The largest absolute Gasteiger partial charge is 0.469 e. The predicted octanol–water partition coefficient (Wildman–Crippen LogP) is -0.151. The van der Waals surface area contributed by atoms with E-state index >= 15 is 0 Å². The smallest absolute Gasteiger partial charge is 0.319 e. The topological polar surface area (TPSA) is 53.1 Å². The number of urea groups is 1. The molecule has 0 aromatic carbocycles. The predicted molar refractivity (Wildman–Crippen MR) is 63.7 cm³/mol. The summed E-state index contributed by atoms with van der Waals surface area (Å²) >= 11 is 0. The van der Waals surface area contributed by atoms with E-state index in [-0.39, 0.29) is 12.0 Å². The van der Waals surface area contributed by atoms with Crippen LogP contribution in [-0.2, 0) is 9.53 Å². The molecule has 6 nitrogen and oxygen atoms in total. The summed E-state index contributed by atoms with van der Waals surface area (Å²) in [4.78, 5) is 28.3. The lowest BCUT2D eigenvalue weighted by Crippen LogP contribution is -2.51. The summed E-state index contributed by atoms with van der Waals surface area (Å²) in [6.45, 7) is 3.78. The fourth-order valence-electron chi connectivity index (χ4n) is 1.80. The van der Waals surface area contributed by atoms with Gasteiger partial charge in [-0.3, -0.25) is 9.69 Å². The van der Waals surface area contributed by atoms with E-state index < -0.39 is 0 Å². The number of hydrogen-bond donors (Lipinski definition) is 0. The average Bonchev–Trinajstić information content (AvgIpc) is 2.35. The first-order chi connectivity index (χ1) is 8.04. The van der Waals surface area contributed by atoms with Gasteiger partial charge in [0.05, 0.1) is 13.5 Å². The highest BCUT2D eigenvalue weighted by molar-refractivity contribution is 5.74. The standard InChI is InChI=1S/C11H21N3O3/c1-12(2)11(16)14-8-6-13(7-9-14)5-4-10(15)17-3/h4-9H2,1-3H3. The second-order valence-corrected chi connectivity index (χ2v) is 4.33. The van der Waals surface area contributed by atoms with E-state index in [2.05, 4.69) is 9.64 Å². The van der Waals surface area contributed by atoms with Crippen LogP contribution in [0.1, 0.15) is 6.42 Å². The SMILES string of the molecule is COC(=O)CCN1CCN(C(=O)N(C)C)CC1. The normalized spacial score (nSPS) is 16.8. The molecule has 1 heterocycles. The highest BCUT2D eigenvalue weighted by Gasteiger charge is 2.22. The summed E-state index contributed by atoms with van der Waals surface area (Å²) in [6, 6.07) is 0.0533. The summed E-state index contributed by atoms with van der Waals surface area (Å²) in [7, 11) is 4.91. The molecule has 17 heavy (non-hydrogen) atoms. The van der Waals surface area contributed by atoms with Crippen LogP contribution >= 0.6 is 0 Å². The van der Waals surface area contributed by atoms with Gasteiger partial charge >= 0.3 is 12.0 Å². The van der Waals surface area contributed by atoms with E-state index in [0.29, 0.717) is 13.0 Å². The molecule has 6 heteroatoms. The first-order valence-corrected chi connectivity index (χ1v) is 5.80. The van der Waals surface area contributed by atoms with Crippen LogP contribution < -0.4 is 0 Å². The Bertz CT molecular complexity index is 273. The second kappa shape index (κ2) is 6.44. The summed E-state index contributed by atoms with van der Waals surface area (Å²) in [5.74, 6) is -0.184. The van der Waals surface area contributed by atoms with Crippen LogP contribution in [0.5, 0.6) is 0 Å². The van der Waals surface area contributed by atoms with Gasteiger partial charge in [0.1, 0.15) is 0 Å².